The highest BCUT2D eigenvalue weighted by Crippen LogP contribution is 2.23. The molecule has 0 saturated carbocycles. The van der Waals surface area contributed by atoms with Crippen molar-refractivity contribution < 1.29 is 13.2 Å². The van der Waals surface area contributed by atoms with E-state index in [2.05, 4.69) is 15.5 Å². The summed E-state index contributed by atoms with van der Waals surface area (Å²) in [5, 5.41) is 4.03. The summed E-state index contributed by atoms with van der Waals surface area (Å²) in [5.74, 6) is 5.90. The monoisotopic (exact) mass is 265 g/mol. The van der Waals surface area contributed by atoms with Crippen LogP contribution in [-0.4, -0.2) is 27.0 Å². The highest BCUT2D eigenvalue weighted by molar-refractivity contribution is 4.91. The molecule has 0 spiro atoms. The standard InChI is InChI=1S/C10H18F3N5/c1-7(2)18-9(15-6-16-18)5-8(17-14)3-4-10(11,12)13/h6-8,17H,3-5,14H2,1-2H3. The number of hydrogen-bond donors (Lipinski definition) is 2. The fourth-order valence-electron chi connectivity index (χ4n) is 1.65. The summed E-state index contributed by atoms with van der Waals surface area (Å²) < 4.78 is 38.1. The van der Waals surface area contributed by atoms with Gasteiger partial charge in [0.15, 0.2) is 0 Å². The van der Waals surface area contributed by atoms with E-state index in [0.717, 1.165) is 0 Å². The Kier molecular flexibility index (Phi) is 5.09. The Labute approximate surface area is 104 Å². The third-order valence-electron chi connectivity index (χ3n) is 2.58. The number of hydrazine groups is 1. The van der Waals surface area contributed by atoms with Crippen LogP contribution in [0.3, 0.4) is 0 Å². The van der Waals surface area contributed by atoms with Crippen LogP contribution in [0.25, 0.3) is 0 Å². The fourth-order valence-corrected chi connectivity index (χ4v) is 1.65. The van der Waals surface area contributed by atoms with Crippen molar-refractivity contribution in [3.8, 4) is 0 Å². The fraction of sp³-hybridized carbons (Fsp3) is 0.800. The van der Waals surface area contributed by atoms with E-state index in [1.807, 2.05) is 13.8 Å². The molecule has 3 N–H and O–H groups in total. The SMILES string of the molecule is CC(C)n1ncnc1CC(CCC(F)(F)F)NN. The Hall–Kier alpha value is -1.15. The predicted molar refractivity (Wildman–Crippen MR) is 60.5 cm³/mol. The van der Waals surface area contributed by atoms with Gasteiger partial charge in [-0.05, 0) is 20.3 Å². The number of nitrogens with zero attached hydrogens (tertiary/aromatic N) is 3. The smallest absolute Gasteiger partial charge is 0.271 e. The predicted octanol–water partition coefficient (Wildman–Crippen LogP) is 1.58. The molecule has 0 fully saturated rings. The van der Waals surface area contributed by atoms with Crippen molar-refractivity contribution in [2.45, 2.75) is 51.4 Å². The lowest BCUT2D eigenvalue weighted by Crippen LogP contribution is -2.38. The first-order valence-corrected chi connectivity index (χ1v) is 5.74. The third-order valence-corrected chi connectivity index (χ3v) is 2.58. The molecular formula is C10H18F3N5. The number of nitrogens with one attached hydrogen (secondary N) is 1. The van der Waals surface area contributed by atoms with Crippen LogP contribution in [0.1, 0.15) is 38.6 Å². The molecule has 0 aliphatic rings. The zero-order chi connectivity index (χ0) is 13.8. The molecule has 0 aromatic carbocycles. The highest BCUT2D eigenvalue weighted by atomic mass is 19.4. The minimum Gasteiger partial charge on any atom is -0.271 e. The van der Waals surface area contributed by atoms with E-state index in [4.69, 9.17) is 5.84 Å². The van der Waals surface area contributed by atoms with E-state index in [-0.39, 0.29) is 12.5 Å². The molecule has 18 heavy (non-hydrogen) atoms. The van der Waals surface area contributed by atoms with Gasteiger partial charge in [0.25, 0.3) is 0 Å². The molecule has 1 atom stereocenters. The Balaban J connectivity index is 2.60. The van der Waals surface area contributed by atoms with Gasteiger partial charge in [0.1, 0.15) is 12.2 Å². The van der Waals surface area contributed by atoms with Crippen molar-refractivity contribution in [1.29, 1.82) is 0 Å². The molecule has 0 saturated heterocycles. The topological polar surface area (TPSA) is 68.8 Å². The largest absolute Gasteiger partial charge is 0.389 e. The van der Waals surface area contributed by atoms with Crippen LogP contribution < -0.4 is 11.3 Å². The average molecular weight is 265 g/mol. The van der Waals surface area contributed by atoms with Gasteiger partial charge in [-0.25, -0.2) is 9.67 Å². The summed E-state index contributed by atoms with van der Waals surface area (Å²) in [6.07, 6.45) is -3.39. The van der Waals surface area contributed by atoms with E-state index < -0.39 is 18.6 Å². The molecule has 1 aromatic rings. The zero-order valence-electron chi connectivity index (χ0n) is 10.4. The zero-order valence-corrected chi connectivity index (χ0v) is 10.4. The number of nitrogens with two attached hydrogens (primary N) is 1. The Morgan fingerprint density at radius 3 is 2.61 bits per heavy atom. The van der Waals surface area contributed by atoms with Gasteiger partial charge in [-0.2, -0.15) is 18.3 Å². The second-order valence-electron chi connectivity index (χ2n) is 4.44. The van der Waals surface area contributed by atoms with Gasteiger partial charge in [-0.1, -0.05) is 0 Å². The summed E-state index contributed by atoms with van der Waals surface area (Å²) in [4.78, 5) is 4.04. The molecule has 0 bridgehead atoms. The lowest BCUT2D eigenvalue weighted by molar-refractivity contribution is -0.136. The molecule has 104 valence electrons. The number of halogens is 3. The van der Waals surface area contributed by atoms with Crippen molar-refractivity contribution in [2.75, 3.05) is 0 Å². The van der Waals surface area contributed by atoms with Gasteiger partial charge in [-0.3, -0.25) is 11.3 Å². The second kappa shape index (κ2) is 6.14. The summed E-state index contributed by atoms with van der Waals surface area (Å²) >= 11 is 0. The summed E-state index contributed by atoms with van der Waals surface area (Å²) in [7, 11) is 0. The van der Waals surface area contributed by atoms with E-state index >= 15 is 0 Å². The molecule has 1 heterocycles. The number of hydrogen-bond acceptors (Lipinski definition) is 4. The maximum absolute atomic E-state index is 12.1. The van der Waals surface area contributed by atoms with Crippen LogP contribution in [-0.2, 0) is 6.42 Å². The molecule has 5 nitrogen and oxygen atoms in total. The first-order valence-electron chi connectivity index (χ1n) is 5.74. The molecule has 0 aliphatic heterocycles. The van der Waals surface area contributed by atoms with Gasteiger partial charge in [0.2, 0.25) is 0 Å². The van der Waals surface area contributed by atoms with Gasteiger partial charge in [0.05, 0.1) is 0 Å². The van der Waals surface area contributed by atoms with Crippen LogP contribution in [0.4, 0.5) is 13.2 Å². The minimum atomic E-state index is -4.17. The molecule has 0 amide bonds. The van der Waals surface area contributed by atoms with E-state index in [1.165, 1.54) is 6.33 Å². The maximum atomic E-state index is 12.1. The molecule has 8 heteroatoms. The van der Waals surface area contributed by atoms with Gasteiger partial charge in [0, 0.05) is 24.9 Å². The molecule has 1 unspecified atom stereocenters. The van der Waals surface area contributed by atoms with Crippen molar-refractivity contribution in [1.82, 2.24) is 20.2 Å². The first kappa shape index (κ1) is 14.9. The van der Waals surface area contributed by atoms with Crippen molar-refractivity contribution >= 4 is 0 Å². The van der Waals surface area contributed by atoms with Crippen LogP contribution in [0.15, 0.2) is 6.33 Å². The molecule has 1 aromatic heterocycles. The Bertz CT molecular complexity index is 361. The first-order chi connectivity index (χ1) is 8.33. The summed E-state index contributed by atoms with van der Waals surface area (Å²) in [6, 6.07) is -0.350. The quantitative estimate of drug-likeness (QED) is 0.605. The van der Waals surface area contributed by atoms with Crippen molar-refractivity contribution in [3.63, 3.8) is 0 Å². The molecule has 0 aliphatic carbocycles. The average Bonchev–Trinajstić information content (AvgIpc) is 2.70. The summed E-state index contributed by atoms with van der Waals surface area (Å²) in [6.45, 7) is 3.86. The van der Waals surface area contributed by atoms with Crippen molar-refractivity contribution in [2.24, 2.45) is 5.84 Å². The normalized spacial score (nSPS) is 14.2. The third kappa shape index (κ3) is 4.61. The maximum Gasteiger partial charge on any atom is 0.389 e. The molecule has 0 radical (unpaired) electrons. The summed E-state index contributed by atoms with van der Waals surface area (Å²) in [5.41, 5.74) is 2.40. The highest BCUT2D eigenvalue weighted by Gasteiger charge is 2.28. The van der Waals surface area contributed by atoms with Crippen LogP contribution >= 0.6 is 0 Å². The lowest BCUT2D eigenvalue weighted by Gasteiger charge is -2.17. The second-order valence-corrected chi connectivity index (χ2v) is 4.44. The van der Waals surface area contributed by atoms with Gasteiger partial charge >= 0.3 is 6.18 Å². The number of rotatable bonds is 6. The van der Waals surface area contributed by atoms with Crippen molar-refractivity contribution in [3.05, 3.63) is 12.2 Å². The molecule has 1 rings (SSSR count). The van der Waals surface area contributed by atoms with Crippen LogP contribution in [0.5, 0.6) is 0 Å². The van der Waals surface area contributed by atoms with E-state index in [1.54, 1.807) is 4.68 Å². The molecular weight excluding hydrogens is 247 g/mol. The van der Waals surface area contributed by atoms with Gasteiger partial charge in [-0.15, -0.1) is 0 Å². The van der Waals surface area contributed by atoms with E-state index in [0.29, 0.717) is 12.2 Å². The van der Waals surface area contributed by atoms with Crippen LogP contribution in [0.2, 0.25) is 0 Å². The Morgan fingerprint density at radius 1 is 1.44 bits per heavy atom. The van der Waals surface area contributed by atoms with Gasteiger partial charge < -0.3 is 0 Å². The van der Waals surface area contributed by atoms with E-state index in [9.17, 15) is 13.2 Å². The van der Waals surface area contributed by atoms with Crippen LogP contribution in [0, 0.1) is 0 Å². The number of alkyl halides is 3. The Morgan fingerprint density at radius 2 is 2.11 bits per heavy atom. The lowest BCUT2D eigenvalue weighted by atomic mass is 10.1. The minimum absolute atomic E-state index is 0.0784. The number of aromatic nitrogens is 3.